The number of esters is 1. The Bertz CT molecular complexity index is 1880. The van der Waals surface area contributed by atoms with Crippen molar-refractivity contribution in [2.75, 3.05) is 19.7 Å². The summed E-state index contributed by atoms with van der Waals surface area (Å²) in [7, 11) is 0. The second kappa shape index (κ2) is 17.3. The molecule has 0 atom stereocenters. The van der Waals surface area contributed by atoms with E-state index in [-0.39, 0.29) is 17.4 Å². The van der Waals surface area contributed by atoms with Crippen LogP contribution in [0.2, 0.25) is 0 Å². The number of amides is 1. The lowest BCUT2D eigenvalue weighted by Gasteiger charge is -2.21. The Balaban J connectivity index is 1.46. The summed E-state index contributed by atoms with van der Waals surface area (Å²) in [6.07, 6.45) is 8.30. The Morgan fingerprint density at radius 3 is 2.19 bits per heavy atom. The number of benzene rings is 2. The zero-order valence-corrected chi connectivity index (χ0v) is 30.9. The van der Waals surface area contributed by atoms with E-state index in [2.05, 4.69) is 67.3 Å². The third kappa shape index (κ3) is 8.25. The molecule has 5 rings (SSSR count). The maximum Gasteiger partial charge on any atom is 0.305 e. The predicted octanol–water partition coefficient (Wildman–Crippen LogP) is 7.02. The fourth-order valence-electron chi connectivity index (χ4n) is 5.58. The van der Waals surface area contributed by atoms with Crippen LogP contribution in [0.15, 0.2) is 76.6 Å². The van der Waals surface area contributed by atoms with Crippen LogP contribution >= 0.6 is 47.1 Å². The molecule has 0 radical (unpaired) electrons. The van der Waals surface area contributed by atoms with Crippen LogP contribution in [0.25, 0.3) is 21.6 Å². The van der Waals surface area contributed by atoms with Crippen LogP contribution in [0, 0.1) is 0 Å². The molecular formula is C37H41N3O4S4. The summed E-state index contributed by atoms with van der Waals surface area (Å²) < 4.78 is 8.52. The molecule has 48 heavy (non-hydrogen) atoms. The minimum atomic E-state index is -0.194. The molecular weight excluding hydrogens is 679 g/mol. The third-order valence-electron chi connectivity index (χ3n) is 7.99. The van der Waals surface area contributed by atoms with Crippen molar-refractivity contribution in [1.82, 2.24) is 14.4 Å². The van der Waals surface area contributed by atoms with Gasteiger partial charge in [0, 0.05) is 31.0 Å². The number of carbonyl (C=O) groups is 2. The Labute approximate surface area is 300 Å². The highest BCUT2D eigenvalue weighted by Gasteiger charge is 2.34. The molecule has 1 saturated heterocycles. The van der Waals surface area contributed by atoms with E-state index in [0.717, 1.165) is 54.1 Å². The zero-order chi connectivity index (χ0) is 34.0. The topological polar surface area (TPSA) is 71.8 Å². The van der Waals surface area contributed by atoms with Gasteiger partial charge in [0.05, 0.1) is 21.9 Å². The van der Waals surface area contributed by atoms with Gasteiger partial charge in [0.15, 0.2) is 0 Å². The molecule has 1 fully saturated rings. The van der Waals surface area contributed by atoms with Crippen molar-refractivity contribution in [1.29, 1.82) is 0 Å². The number of allylic oxidation sites excluding steroid dienone is 1. The van der Waals surface area contributed by atoms with Gasteiger partial charge in [-0.15, -0.1) is 11.3 Å². The molecule has 3 heterocycles. The van der Waals surface area contributed by atoms with Gasteiger partial charge in [0.1, 0.15) is 13.9 Å². The molecule has 0 saturated carbocycles. The standard InChI is InChI=1S/C37H41N3O4S4/c1-4-7-24-39-34(42)28(46-36(39)33-35(43)40(37(45)48-33)25-16-10-15-21-30(41)44-6-3)22-23-29-38(5-2)31(26-17-11-8-12-18-26)32(47-29)27-19-13-9-14-20-27/h8-9,11-14,17-20,22-23H,4-7,10,15-16,21,24-25H2,1-3H3/b28-22-,29-23+,36-33+. The van der Waals surface area contributed by atoms with E-state index in [4.69, 9.17) is 17.0 Å². The maximum atomic E-state index is 13.9. The van der Waals surface area contributed by atoms with Crippen LogP contribution in [-0.2, 0) is 20.9 Å². The predicted molar refractivity (Wildman–Crippen MR) is 205 cm³/mol. The van der Waals surface area contributed by atoms with E-state index >= 15 is 0 Å². The first-order valence-electron chi connectivity index (χ1n) is 16.5. The molecule has 1 amide bonds. The molecule has 3 aromatic rings. The van der Waals surface area contributed by atoms with E-state index in [1.54, 1.807) is 28.2 Å². The minimum Gasteiger partial charge on any atom is -0.466 e. The average Bonchev–Trinajstić information content (AvgIpc) is 3.73. The van der Waals surface area contributed by atoms with E-state index in [9.17, 15) is 14.4 Å². The van der Waals surface area contributed by atoms with Crippen LogP contribution in [0.1, 0.15) is 70.4 Å². The van der Waals surface area contributed by atoms with Crippen molar-refractivity contribution in [2.45, 2.75) is 65.8 Å². The maximum absolute atomic E-state index is 13.9. The second-order valence-corrected chi connectivity index (χ2v) is 15.0. The van der Waals surface area contributed by atoms with E-state index in [0.29, 0.717) is 51.0 Å². The van der Waals surface area contributed by atoms with Crippen LogP contribution in [0.4, 0.5) is 0 Å². The first kappa shape index (κ1) is 35.9. The molecule has 2 aromatic carbocycles. The summed E-state index contributed by atoms with van der Waals surface area (Å²) in [4.78, 5) is 44.8. The molecule has 2 aliphatic rings. The Kier molecular flexibility index (Phi) is 13.0. The second-order valence-electron chi connectivity index (χ2n) is 11.3. The van der Waals surface area contributed by atoms with Gasteiger partial charge >= 0.3 is 5.97 Å². The van der Waals surface area contributed by atoms with Gasteiger partial charge in [0.25, 0.3) is 11.5 Å². The summed E-state index contributed by atoms with van der Waals surface area (Å²) in [5, 5.41) is 1.04. The lowest BCUT2D eigenvalue weighted by molar-refractivity contribution is -0.143. The van der Waals surface area contributed by atoms with Gasteiger partial charge in [-0.3, -0.25) is 23.9 Å². The van der Waals surface area contributed by atoms with E-state index in [1.807, 2.05) is 24.3 Å². The van der Waals surface area contributed by atoms with Gasteiger partial charge in [-0.25, -0.2) is 0 Å². The number of hydrogen-bond acceptors (Lipinski definition) is 9. The monoisotopic (exact) mass is 719 g/mol. The highest BCUT2D eigenvalue weighted by atomic mass is 32.2. The minimum absolute atomic E-state index is 0.0879. The van der Waals surface area contributed by atoms with Gasteiger partial charge < -0.3 is 9.64 Å². The SMILES string of the molecule is CCCCn1c(=O)/c(=C/C=C2/SC(c3ccccc3)=C(c3ccccc3)N2CC)s/c1=C1/SC(=S)N(CCCCCC(=O)OCC)C1=O. The first-order chi connectivity index (χ1) is 23.4. The number of aromatic nitrogens is 1. The van der Waals surface area contributed by atoms with Crippen molar-refractivity contribution in [3.63, 3.8) is 0 Å². The molecule has 0 spiro atoms. The van der Waals surface area contributed by atoms with Crippen molar-refractivity contribution >= 4 is 84.9 Å². The van der Waals surface area contributed by atoms with E-state index in [1.165, 1.54) is 28.0 Å². The van der Waals surface area contributed by atoms with Crippen molar-refractivity contribution in [3.8, 4) is 0 Å². The van der Waals surface area contributed by atoms with Crippen LogP contribution in [0.3, 0.4) is 0 Å². The zero-order valence-electron chi connectivity index (χ0n) is 27.6. The average molecular weight is 720 g/mol. The fraction of sp³-hybridized carbons (Fsp3) is 0.351. The number of ether oxygens (including phenoxy) is 1. The quantitative estimate of drug-likeness (QED) is 0.100. The number of thiocarbonyl (C=S) groups is 1. The number of nitrogens with zero attached hydrogens (tertiary/aromatic N) is 3. The summed E-state index contributed by atoms with van der Waals surface area (Å²) in [5.41, 5.74) is 3.35. The smallest absolute Gasteiger partial charge is 0.305 e. The Hall–Kier alpha value is -3.38. The van der Waals surface area contributed by atoms with Crippen LogP contribution in [-0.4, -0.2) is 50.3 Å². The number of rotatable bonds is 14. The van der Waals surface area contributed by atoms with Crippen LogP contribution in [0.5, 0.6) is 0 Å². The molecule has 7 nitrogen and oxygen atoms in total. The van der Waals surface area contributed by atoms with Gasteiger partial charge in [-0.05, 0) is 56.4 Å². The summed E-state index contributed by atoms with van der Waals surface area (Å²) in [5.74, 6) is -0.347. The highest BCUT2D eigenvalue weighted by molar-refractivity contribution is 8.30. The summed E-state index contributed by atoms with van der Waals surface area (Å²) >= 11 is 9.98. The lowest BCUT2D eigenvalue weighted by atomic mass is 10.1. The molecule has 11 heteroatoms. The largest absolute Gasteiger partial charge is 0.466 e. The summed E-state index contributed by atoms with van der Waals surface area (Å²) in [6.45, 7) is 8.20. The number of unbranched alkanes of at least 4 members (excludes halogenated alkanes) is 3. The molecule has 0 N–H and O–H groups in total. The molecule has 0 unspecified atom stereocenters. The third-order valence-corrected chi connectivity index (χ3v) is 11.9. The number of thioether (sulfide) groups is 2. The van der Waals surface area contributed by atoms with Crippen molar-refractivity contribution in [2.24, 2.45) is 0 Å². The van der Waals surface area contributed by atoms with Gasteiger partial charge in [-0.2, -0.15) is 0 Å². The highest BCUT2D eigenvalue weighted by Crippen LogP contribution is 2.50. The fourth-order valence-corrected chi connectivity index (χ4v) is 9.37. The first-order valence-corrected chi connectivity index (χ1v) is 19.4. The summed E-state index contributed by atoms with van der Waals surface area (Å²) in [6, 6.07) is 20.8. The van der Waals surface area contributed by atoms with Gasteiger partial charge in [-0.1, -0.05) is 116 Å². The number of thiazole rings is 1. The number of carbonyl (C=O) groups excluding carboxylic acids is 2. The molecule has 0 aliphatic carbocycles. The molecule has 1 aromatic heterocycles. The normalized spacial score (nSPS) is 17.4. The molecule has 0 bridgehead atoms. The lowest BCUT2D eigenvalue weighted by Crippen LogP contribution is -2.34. The van der Waals surface area contributed by atoms with Crippen LogP contribution < -0.4 is 14.8 Å². The van der Waals surface area contributed by atoms with Gasteiger partial charge in [0.2, 0.25) is 0 Å². The molecule has 2 aliphatic heterocycles. The van der Waals surface area contributed by atoms with E-state index < -0.39 is 0 Å². The van der Waals surface area contributed by atoms with Crippen molar-refractivity contribution < 1.29 is 14.3 Å². The number of hydrogen-bond donors (Lipinski definition) is 0. The van der Waals surface area contributed by atoms with Crippen molar-refractivity contribution in [3.05, 3.63) is 102 Å². The Morgan fingerprint density at radius 2 is 1.52 bits per heavy atom. The Morgan fingerprint density at radius 1 is 0.812 bits per heavy atom. The molecule has 252 valence electrons.